The van der Waals surface area contributed by atoms with Gasteiger partial charge in [-0.05, 0) is 11.6 Å². The quantitative estimate of drug-likeness (QED) is 0.433. The van der Waals surface area contributed by atoms with Crippen molar-refractivity contribution >= 4 is 16.9 Å². The van der Waals surface area contributed by atoms with Crippen LogP contribution in [0.25, 0.3) is 10.9 Å². The van der Waals surface area contributed by atoms with Crippen LogP contribution in [0.4, 0.5) is 0 Å². The van der Waals surface area contributed by atoms with Crippen molar-refractivity contribution in [2.24, 2.45) is 0 Å². The maximum atomic E-state index is 11.2. The molecule has 2 heterocycles. The molecule has 0 saturated carbocycles. The number of carboxylic acid groups (broad SMARTS) is 1. The molecule has 8 heteroatoms. The van der Waals surface area contributed by atoms with E-state index in [4.69, 9.17) is 4.74 Å². The molecular weight excluding hydrogens is 318 g/mol. The standard InChI is InChI=1S/C16H19NO7/c18-6-10-13(21)14(22)15(23)16(24-10)12-8(5-11(19)20)7-3-1-2-4-9(7)17-12/h1-4,10,13-18,21-23H,5-6H2,(H,19,20)/t10-,13-,14+,15-,16+/m1/s1. The van der Waals surface area contributed by atoms with Gasteiger partial charge in [-0.3, -0.25) is 4.79 Å². The Hall–Kier alpha value is -1.97. The fourth-order valence-electron chi connectivity index (χ4n) is 3.15. The zero-order valence-electron chi connectivity index (χ0n) is 12.7. The van der Waals surface area contributed by atoms with E-state index in [0.29, 0.717) is 22.2 Å². The number of para-hydroxylation sites is 1. The Morgan fingerprint density at radius 1 is 1.12 bits per heavy atom. The molecule has 6 N–H and O–H groups in total. The lowest BCUT2D eigenvalue weighted by atomic mass is 9.91. The van der Waals surface area contributed by atoms with Crippen molar-refractivity contribution in [3.05, 3.63) is 35.5 Å². The van der Waals surface area contributed by atoms with E-state index < -0.39 is 43.1 Å². The predicted molar refractivity (Wildman–Crippen MR) is 82.4 cm³/mol. The van der Waals surface area contributed by atoms with Crippen LogP contribution in [0.5, 0.6) is 0 Å². The lowest BCUT2D eigenvalue weighted by molar-refractivity contribution is -0.232. The fraction of sp³-hybridized carbons (Fsp3) is 0.438. The summed E-state index contributed by atoms with van der Waals surface area (Å²) in [5.74, 6) is -1.05. The highest BCUT2D eigenvalue weighted by molar-refractivity contribution is 5.88. The Labute approximate surface area is 136 Å². The van der Waals surface area contributed by atoms with E-state index in [-0.39, 0.29) is 6.42 Å². The molecule has 8 nitrogen and oxygen atoms in total. The highest BCUT2D eigenvalue weighted by Crippen LogP contribution is 2.36. The van der Waals surface area contributed by atoms with Crippen molar-refractivity contribution < 1.29 is 35.1 Å². The fourth-order valence-corrected chi connectivity index (χ4v) is 3.15. The molecule has 0 radical (unpaired) electrons. The Morgan fingerprint density at radius 2 is 1.83 bits per heavy atom. The minimum absolute atomic E-state index is 0.297. The van der Waals surface area contributed by atoms with E-state index in [1.807, 2.05) is 0 Å². The second kappa shape index (κ2) is 6.50. The molecule has 2 aromatic rings. The van der Waals surface area contributed by atoms with Crippen LogP contribution in [-0.4, -0.2) is 67.5 Å². The van der Waals surface area contributed by atoms with Crippen LogP contribution in [-0.2, 0) is 16.0 Å². The number of H-pyrrole nitrogens is 1. The zero-order valence-corrected chi connectivity index (χ0v) is 12.7. The summed E-state index contributed by atoms with van der Waals surface area (Å²) in [6.45, 7) is -0.546. The van der Waals surface area contributed by atoms with Crippen LogP contribution in [0, 0.1) is 0 Å². The Bertz CT molecular complexity index is 741. The molecule has 1 saturated heterocycles. The third-order valence-corrected chi connectivity index (χ3v) is 4.35. The monoisotopic (exact) mass is 337 g/mol. The molecule has 0 bridgehead atoms. The predicted octanol–water partition coefficient (Wildman–Crippen LogP) is -0.690. The first-order valence-electron chi connectivity index (χ1n) is 7.55. The lowest BCUT2D eigenvalue weighted by Crippen LogP contribution is -2.55. The molecule has 0 aliphatic carbocycles. The second-order valence-electron chi connectivity index (χ2n) is 5.88. The van der Waals surface area contributed by atoms with Crippen LogP contribution >= 0.6 is 0 Å². The number of aromatic nitrogens is 1. The van der Waals surface area contributed by atoms with Gasteiger partial charge in [0.1, 0.15) is 30.5 Å². The first-order valence-corrected chi connectivity index (χ1v) is 7.55. The second-order valence-corrected chi connectivity index (χ2v) is 5.88. The minimum atomic E-state index is -1.52. The summed E-state index contributed by atoms with van der Waals surface area (Å²) in [4.78, 5) is 14.2. The van der Waals surface area contributed by atoms with Crippen LogP contribution in [0.1, 0.15) is 17.4 Å². The van der Waals surface area contributed by atoms with Gasteiger partial charge in [-0.25, -0.2) is 0 Å². The number of hydrogen-bond donors (Lipinski definition) is 6. The normalized spacial score (nSPS) is 30.6. The van der Waals surface area contributed by atoms with Gasteiger partial charge >= 0.3 is 5.97 Å². The summed E-state index contributed by atoms with van der Waals surface area (Å²) in [5, 5.41) is 49.3. The topological polar surface area (TPSA) is 143 Å². The van der Waals surface area contributed by atoms with E-state index >= 15 is 0 Å². The molecule has 1 aromatic carbocycles. The number of carboxylic acids is 1. The van der Waals surface area contributed by atoms with Crippen molar-refractivity contribution in [2.45, 2.75) is 36.9 Å². The van der Waals surface area contributed by atoms with Crippen molar-refractivity contribution in [1.29, 1.82) is 0 Å². The Kier molecular flexibility index (Phi) is 4.57. The maximum Gasteiger partial charge on any atom is 0.307 e. The number of rotatable bonds is 4. The van der Waals surface area contributed by atoms with Crippen molar-refractivity contribution in [3.63, 3.8) is 0 Å². The van der Waals surface area contributed by atoms with Gasteiger partial charge in [-0.15, -0.1) is 0 Å². The average molecular weight is 337 g/mol. The van der Waals surface area contributed by atoms with Gasteiger partial charge in [0, 0.05) is 10.9 Å². The number of aliphatic hydroxyl groups is 4. The molecular formula is C16H19NO7. The van der Waals surface area contributed by atoms with Crippen LogP contribution in [0.2, 0.25) is 0 Å². The molecule has 1 aliphatic rings. The molecule has 0 unspecified atom stereocenters. The van der Waals surface area contributed by atoms with Gasteiger partial charge in [0.15, 0.2) is 0 Å². The molecule has 1 fully saturated rings. The summed E-state index contributed by atoms with van der Waals surface area (Å²) in [6.07, 6.45) is -6.91. The Morgan fingerprint density at radius 3 is 2.50 bits per heavy atom. The van der Waals surface area contributed by atoms with Crippen LogP contribution < -0.4 is 0 Å². The van der Waals surface area contributed by atoms with E-state index in [0.717, 1.165) is 0 Å². The molecule has 5 atom stereocenters. The zero-order chi connectivity index (χ0) is 17.4. The number of hydrogen-bond acceptors (Lipinski definition) is 6. The number of aromatic amines is 1. The SMILES string of the molecule is O=C(O)Cc1c([C@@H]2O[C@H](CO)[C@@H](O)[C@H](O)[C@H]2O)[nH]c2ccccc12. The van der Waals surface area contributed by atoms with Crippen molar-refractivity contribution in [3.8, 4) is 0 Å². The molecule has 0 spiro atoms. The van der Waals surface area contributed by atoms with Gasteiger partial charge in [0.25, 0.3) is 0 Å². The van der Waals surface area contributed by atoms with Crippen LogP contribution in [0.3, 0.4) is 0 Å². The molecule has 1 aliphatic heterocycles. The van der Waals surface area contributed by atoms with Gasteiger partial charge in [0.05, 0.1) is 18.7 Å². The summed E-state index contributed by atoms with van der Waals surface area (Å²) in [7, 11) is 0. The van der Waals surface area contributed by atoms with Crippen LogP contribution in [0.15, 0.2) is 24.3 Å². The molecule has 3 rings (SSSR count). The maximum absolute atomic E-state index is 11.2. The lowest BCUT2D eigenvalue weighted by Gasteiger charge is -2.40. The van der Waals surface area contributed by atoms with Crippen molar-refractivity contribution in [1.82, 2.24) is 4.98 Å². The smallest absolute Gasteiger partial charge is 0.307 e. The number of fused-ring (bicyclic) bond motifs is 1. The summed E-state index contributed by atoms with van der Waals surface area (Å²) in [5.41, 5.74) is 1.42. The molecule has 1 aromatic heterocycles. The largest absolute Gasteiger partial charge is 0.481 e. The number of benzene rings is 1. The van der Waals surface area contributed by atoms with Crippen molar-refractivity contribution in [2.75, 3.05) is 6.61 Å². The van der Waals surface area contributed by atoms with Gasteiger partial charge < -0.3 is 35.3 Å². The number of ether oxygens (including phenoxy) is 1. The highest BCUT2D eigenvalue weighted by atomic mass is 16.5. The minimum Gasteiger partial charge on any atom is -0.481 e. The number of aliphatic hydroxyl groups excluding tert-OH is 4. The number of nitrogens with one attached hydrogen (secondary N) is 1. The first-order chi connectivity index (χ1) is 11.4. The van der Waals surface area contributed by atoms with Gasteiger partial charge in [-0.2, -0.15) is 0 Å². The number of carbonyl (C=O) groups is 1. The Balaban J connectivity index is 2.08. The summed E-state index contributed by atoms with van der Waals surface area (Å²) < 4.78 is 5.53. The van der Waals surface area contributed by atoms with E-state index in [9.17, 15) is 30.3 Å². The molecule has 130 valence electrons. The van der Waals surface area contributed by atoms with Gasteiger partial charge in [0.2, 0.25) is 0 Å². The molecule has 24 heavy (non-hydrogen) atoms. The number of aliphatic carboxylic acids is 1. The van der Waals surface area contributed by atoms with E-state index in [1.165, 1.54) is 0 Å². The summed E-state index contributed by atoms with van der Waals surface area (Å²) in [6, 6.07) is 7.05. The van der Waals surface area contributed by atoms with E-state index in [1.54, 1.807) is 24.3 Å². The average Bonchev–Trinajstić information content (AvgIpc) is 2.91. The van der Waals surface area contributed by atoms with E-state index in [2.05, 4.69) is 4.98 Å². The van der Waals surface area contributed by atoms with Gasteiger partial charge in [-0.1, -0.05) is 18.2 Å². The highest BCUT2D eigenvalue weighted by Gasteiger charge is 2.45. The summed E-state index contributed by atoms with van der Waals surface area (Å²) >= 11 is 0. The molecule has 0 amide bonds. The first kappa shape index (κ1) is 16.9. The third kappa shape index (κ3) is 2.79. The third-order valence-electron chi connectivity index (χ3n) is 4.35.